The molecule has 8 heteroatoms. The van der Waals surface area contributed by atoms with Crippen LogP contribution in [-0.2, 0) is 15.5 Å². The van der Waals surface area contributed by atoms with Gasteiger partial charge in [0, 0.05) is 0 Å². The van der Waals surface area contributed by atoms with E-state index >= 15 is 0 Å². The summed E-state index contributed by atoms with van der Waals surface area (Å²) in [6, 6.07) is 3.45. The number of esters is 1. The Kier molecular flexibility index (Phi) is 3.78. The number of benzene rings is 1. The van der Waals surface area contributed by atoms with Crippen LogP contribution in [0.1, 0.15) is 5.56 Å². The molecular weight excluding hydrogens is 263 g/mol. The second-order valence-corrected chi connectivity index (χ2v) is 3.11. The Labute approximate surface area is 98.1 Å². The summed E-state index contributed by atoms with van der Waals surface area (Å²) in [6.45, 7) is 0. The van der Waals surface area contributed by atoms with Crippen molar-refractivity contribution >= 4 is 5.97 Å². The van der Waals surface area contributed by atoms with Gasteiger partial charge in [0.25, 0.3) is 0 Å². The van der Waals surface area contributed by atoms with Gasteiger partial charge in [-0.15, -0.1) is 13.2 Å². The van der Waals surface area contributed by atoms with Crippen molar-refractivity contribution in [1.29, 1.82) is 0 Å². The highest BCUT2D eigenvalue weighted by atomic mass is 19.4. The Morgan fingerprint density at radius 2 is 1.67 bits per heavy atom. The standard InChI is InChI=1S/C10H7F5O3/c1-17-8(16)9(11,12)6-4-2-3-5-7(6)18-10(13,14)15/h2-5H,1H3. The summed E-state index contributed by atoms with van der Waals surface area (Å²) in [4.78, 5) is 10.8. The molecule has 0 aliphatic rings. The van der Waals surface area contributed by atoms with E-state index in [1.165, 1.54) is 0 Å². The van der Waals surface area contributed by atoms with Gasteiger partial charge in [-0.05, 0) is 12.1 Å². The highest BCUT2D eigenvalue weighted by Crippen LogP contribution is 2.37. The fourth-order valence-corrected chi connectivity index (χ4v) is 1.18. The number of rotatable bonds is 3. The van der Waals surface area contributed by atoms with Crippen LogP contribution in [0.25, 0.3) is 0 Å². The minimum Gasteiger partial charge on any atom is -0.464 e. The second kappa shape index (κ2) is 4.79. The molecule has 0 bridgehead atoms. The number of para-hydroxylation sites is 1. The van der Waals surface area contributed by atoms with Crippen LogP contribution in [0, 0.1) is 0 Å². The molecule has 0 spiro atoms. The molecule has 18 heavy (non-hydrogen) atoms. The van der Waals surface area contributed by atoms with Crippen LogP contribution in [0.3, 0.4) is 0 Å². The van der Waals surface area contributed by atoms with Gasteiger partial charge in [-0.1, -0.05) is 12.1 Å². The lowest BCUT2D eigenvalue weighted by atomic mass is 10.1. The molecule has 0 heterocycles. The third-order valence-corrected chi connectivity index (χ3v) is 1.89. The first-order valence-electron chi connectivity index (χ1n) is 4.50. The van der Waals surface area contributed by atoms with Crippen molar-refractivity contribution in [2.24, 2.45) is 0 Å². The Morgan fingerprint density at radius 1 is 1.11 bits per heavy atom. The molecule has 100 valence electrons. The van der Waals surface area contributed by atoms with Crippen LogP contribution in [0.5, 0.6) is 5.75 Å². The zero-order valence-electron chi connectivity index (χ0n) is 8.92. The first-order valence-corrected chi connectivity index (χ1v) is 4.50. The molecule has 0 aliphatic heterocycles. The molecule has 3 nitrogen and oxygen atoms in total. The Hall–Kier alpha value is -1.86. The maximum atomic E-state index is 13.5. The monoisotopic (exact) mass is 270 g/mol. The summed E-state index contributed by atoms with van der Waals surface area (Å²) in [6.07, 6.45) is -5.14. The molecule has 0 amide bonds. The Balaban J connectivity index is 3.21. The van der Waals surface area contributed by atoms with Crippen LogP contribution in [-0.4, -0.2) is 19.4 Å². The molecule has 1 aromatic rings. The molecule has 1 rings (SSSR count). The summed E-state index contributed by atoms with van der Waals surface area (Å²) in [5.74, 6) is -7.35. The highest BCUT2D eigenvalue weighted by Gasteiger charge is 2.46. The number of hydrogen-bond donors (Lipinski definition) is 0. The van der Waals surface area contributed by atoms with Crippen LogP contribution in [0.15, 0.2) is 24.3 Å². The van der Waals surface area contributed by atoms with Gasteiger partial charge in [0.15, 0.2) is 0 Å². The zero-order valence-corrected chi connectivity index (χ0v) is 8.92. The fourth-order valence-electron chi connectivity index (χ4n) is 1.18. The Bertz CT molecular complexity index is 441. The molecule has 0 saturated carbocycles. The predicted molar refractivity (Wildman–Crippen MR) is 49.0 cm³/mol. The van der Waals surface area contributed by atoms with E-state index in [1.807, 2.05) is 0 Å². The largest absolute Gasteiger partial charge is 0.573 e. The van der Waals surface area contributed by atoms with E-state index in [9.17, 15) is 26.7 Å². The number of ether oxygens (including phenoxy) is 2. The van der Waals surface area contributed by atoms with Crippen molar-refractivity contribution < 1.29 is 36.2 Å². The van der Waals surface area contributed by atoms with Gasteiger partial charge in [0.05, 0.1) is 12.7 Å². The number of carbonyl (C=O) groups excluding carboxylic acids is 1. The summed E-state index contributed by atoms with van der Waals surface area (Å²) in [7, 11) is 0.698. The van der Waals surface area contributed by atoms with Gasteiger partial charge < -0.3 is 9.47 Å². The van der Waals surface area contributed by atoms with Crippen molar-refractivity contribution in [3.05, 3.63) is 29.8 Å². The van der Waals surface area contributed by atoms with Gasteiger partial charge in [-0.2, -0.15) is 8.78 Å². The maximum absolute atomic E-state index is 13.5. The quantitative estimate of drug-likeness (QED) is 0.625. The van der Waals surface area contributed by atoms with Gasteiger partial charge in [-0.3, -0.25) is 0 Å². The average molecular weight is 270 g/mol. The molecule has 0 saturated heterocycles. The van der Waals surface area contributed by atoms with Crippen molar-refractivity contribution in [3.8, 4) is 5.75 Å². The first kappa shape index (κ1) is 14.2. The number of carbonyl (C=O) groups is 1. The van der Waals surface area contributed by atoms with Crippen molar-refractivity contribution in [2.45, 2.75) is 12.3 Å². The highest BCUT2D eigenvalue weighted by molar-refractivity contribution is 5.80. The zero-order chi connectivity index (χ0) is 14.0. The predicted octanol–water partition coefficient (Wildman–Crippen LogP) is 2.85. The molecule has 0 unspecified atom stereocenters. The minimum absolute atomic E-state index is 0.651. The smallest absolute Gasteiger partial charge is 0.464 e. The number of hydrogen-bond acceptors (Lipinski definition) is 3. The van der Waals surface area contributed by atoms with Crippen LogP contribution >= 0.6 is 0 Å². The lowest BCUT2D eigenvalue weighted by Crippen LogP contribution is -2.29. The van der Waals surface area contributed by atoms with E-state index in [0.717, 1.165) is 12.1 Å². The lowest BCUT2D eigenvalue weighted by molar-refractivity contribution is -0.275. The van der Waals surface area contributed by atoms with Crippen molar-refractivity contribution in [2.75, 3.05) is 7.11 Å². The fraction of sp³-hybridized carbons (Fsp3) is 0.300. The molecule has 0 radical (unpaired) electrons. The van der Waals surface area contributed by atoms with E-state index in [0.29, 0.717) is 19.2 Å². The molecule has 0 aliphatic carbocycles. The summed E-state index contributed by atoms with van der Waals surface area (Å²) >= 11 is 0. The second-order valence-electron chi connectivity index (χ2n) is 3.11. The molecule has 0 aromatic heterocycles. The topological polar surface area (TPSA) is 35.5 Å². The molecule has 1 aromatic carbocycles. The summed E-state index contributed by atoms with van der Waals surface area (Å²) in [5.41, 5.74) is -1.21. The number of methoxy groups -OCH3 is 1. The van der Waals surface area contributed by atoms with Crippen LogP contribution in [0.2, 0.25) is 0 Å². The number of halogens is 5. The van der Waals surface area contributed by atoms with Gasteiger partial charge in [0.1, 0.15) is 5.75 Å². The van der Waals surface area contributed by atoms with E-state index in [2.05, 4.69) is 9.47 Å². The molecule has 0 N–H and O–H groups in total. The molecular formula is C10H7F5O3. The normalized spacial score (nSPS) is 12.1. The van der Waals surface area contributed by atoms with E-state index in [4.69, 9.17) is 0 Å². The SMILES string of the molecule is COC(=O)C(F)(F)c1ccccc1OC(F)(F)F. The van der Waals surface area contributed by atoms with E-state index in [1.54, 1.807) is 0 Å². The van der Waals surface area contributed by atoms with Gasteiger partial charge in [0.2, 0.25) is 0 Å². The van der Waals surface area contributed by atoms with Crippen LogP contribution < -0.4 is 4.74 Å². The minimum atomic E-state index is -5.14. The number of alkyl halides is 5. The van der Waals surface area contributed by atoms with Gasteiger partial charge >= 0.3 is 18.3 Å². The Morgan fingerprint density at radius 3 is 2.17 bits per heavy atom. The third-order valence-electron chi connectivity index (χ3n) is 1.89. The van der Waals surface area contributed by atoms with E-state index < -0.39 is 29.6 Å². The lowest BCUT2D eigenvalue weighted by Gasteiger charge is -2.18. The van der Waals surface area contributed by atoms with Gasteiger partial charge in [-0.25, -0.2) is 4.79 Å². The average Bonchev–Trinajstić information content (AvgIpc) is 2.26. The molecule has 0 fully saturated rings. The van der Waals surface area contributed by atoms with Crippen LogP contribution in [0.4, 0.5) is 22.0 Å². The van der Waals surface area contributed by atoms with Crippen molar-refractivity contribution in [3.63, 3.8) is 0 Å². The third kappa shape index (κ3) is 3.08. The maximum Gasteiger partial charge on any atom is 0.573 e. The summed E-state index contributed by atoms with van der Waals surface area (Å²) < 4.78 is 70.2. The van der Waals surface area contributed by atoms with Crippen molar-refractivity contribution in [1.82, 2.24) is 0 Å². The summed E-state index contributed by atoms with van der Waals surface area (Å²) in [5, 5.41) is 0. The first-order chi connectivity index (χ1) is 8.18. The van der Waals surface area contributed by atoms with E-state index in [-0.39, 0.29) is 0 Å². The molecule has 0 atom stereocenters.